The van der Waals surface area contributed by atoms with E-state index in [-0.39, 0.29) is 5.91 Å². The summed E-state index contributed by atoms with van der Waals surface area (Å²) in [7, 11) is 0. The summed E-state index contributed by atoms with van der Waals surface area (Å²) in [6.07, 6.45) is 0. The molecule has 0 saturated carbocycles. The Kier molecular flexibility index (Phi) is 6.15. The molecule has 126 valence electrons. The van der Waals surface area contributed by atoms with Crippen LogP contribution in [0.4, 0.5) is 5.69 Å². The SMILES string of the molecule is O=C(CSc1ccccc1)NCc1ccc(N2CCOCC2)cc1. The van der Waals surface area contributed by atoms with E-state index < -0.39 is 0 Å². The first-order valence-electron chi connectivity index (χ1n) is 8.17. The predicted octanol–water partition coefficient (Wildman–Crippen LogP) is 2.93. The molecule has 3 rings (SSSR count). The summed E-state index contributed by atoms with van der Waals surface area (Å²) in [6, 6.07) is 18.4. The summed E-state index contributed by atoms with van der Waals surface area (Å²) in [4.78, 5) is 15.4. The minimum atomic E-state index is 0.0566. The van der Waals surface area contributed by atoms with Crippen LogP contribution in [0.25, 0.3) is 0 Å². The zero-order chi connectivity index (χ0) is 16.6. The van der Waals surface area contributed by atoms with Crippen LogP contribution < -0.4 is 10.2 Å². The summed E-state index contributed by atoms with van der Waals surface area (Å²) in [5, 5.41) is 2.97. The van der Waals surface area contributed by atoms with Crippen molar-refractivity contribution >= 4 is 23.4 Å². The number of morpholine rings is 1. The average molecular weight is 342 g/mol. The number of carbonyl (C=O) groups excluding carboxylic acids is 1. The highest BCUT2D eigenvalue weighted by Crippen LogP contribution is 2.18. The maximum atomic E-state index is 11.9. The van der Waals surface area contributed by atoms with Crippen LogP contribution in [0.5, 0.6) is 0 Å². The molecule has 1 aliphatic heterocycles. The molecule has 0 aliphatic carbocycles. The van der Waals surface area contributed by atoms with E-state index in [1.54, 1.807) is 11.8 Å². The predicted molar refractivity (Wildman–Crippen MR) is 98.5 cm³/mol. The number of thioether (sulfide) groups is 1. The van der Waals surface area contributed by atoms with Gasteiger partial charge in [0.2, 0.25) is 5.91 Å². The molecule has 0 spiro atoms. The molecular weight excluding hydrogens is 320 g/mol. The lowest BCUT2D eigenvalue weighted by Crippen LogP contribution is -2.36. The molecule has 0 radical (unpaired) electrons. The molecule has 0 bridgehead atoms. The van der Waals surface area contributed by atoms with Gasteiger partial charge in [-0.1, -0.05) is 30.3 Å². The van der Waals surface area contributed by atoms with Gasteiger partial charge in [0.05, 0.1) is 19.0 Å². The molecule has 1 amide bonds. The first-order chi connectivity index (χ1) is 11.8. The Labute approximate surface area is 147 Å². The Hall–Kier alpha value is -1.98. The van der Waals surface area contributed by atoms with Gasteiger partial charge in [-0.05, 0) is 29.8 Å². The number of ether oxygens (including phenoxy) is 1. The highest BCUT2D eigenvalue weighted by atomic mass is 32.2. The normalized spacial score (nSPS) is 14.4. The lowest BCUT2D eigenvalue weighted by atomic mass is 10.2. The molecule has 0 atom stereocenters. The number of carbonyl (C=O) groups is 1. The van der Waals surface area contributed by atoms with Crippen LogP contribution in [0.2, 0.25) is 0 Å². The van der Waals surface area contributed by atoms with Gasteiger partial charge in [0.25, 0.3) is 0 Å². The Morgan fingerprint density at radius 2 is 1.75 bits per heavy atom. The Bertz CT molecular complexity index is 640. The average Bonchev–Trinajstić information content (AvgIpc) is 2.67. The first-order valence-corrected chi connectivity index (χ1v) is 9.16. The highest BCUT2D eigenvalue weighted by Gasteiger charge is 2.10. The maximum Gasteiger partial charge on any atom is 0.230 e. The Morgan fingerprint density at radius 3 is 2.46 bits per heavy atom. The second-order valence-electron chi connectivity index (χ2n) is 5.64. The van der Waals surface area contributed by atoms with Crippen LogP contribution in [0.3, 0.4) is 0 Å². The number of anilines is 1. The molecule has 0 aromatic heterocycles. The fourth-order valence-corrected chi connectivity index (χ4v) is 3.31. The number of nitrogens with zero attached hydrogens (tertiary/aromatic N) is 1. The zero-order valence-electron chi connectivity index (χ0n) is 13.6. The number of rotatable bonds is 6. The topological polar surface area (TPSA) is 41.6 Å². The third-order valence-corrected chi connectivity index (χ3v) is 4.93. The van der Waals surface area contributed by atoms with Gasteiger partial charge in [-0.15, -0.1) is 11.8 Å². The molecule has 1 N–H and O–H groups in total. The van der Waals surface area contributed by atoms with Crippen molar-refractivity contribution in [3.8, 4) is 0 Å². The van der Waals surface area contributed by atoms with Crippen molar-refractivity contribution in [1.82, 2.24) is 5.32 Å². The lowest BCUT2D eigenvalue weighted by molar-refractivity contribution is -0.118. The van der Waals surface area contributed by atoms with E-state index in [0.717, 1.165) is 36.8 Å². The van der Waals surface area contributed by atoms with Gasteiger partial charge in [-0.2, -0.15) is 0 Å². The summed E-state index contributed by atoms with van der Waals surface area (Å²) < 4.78 is 5.37. The molecule has 2 aromatic rings. The second-order valence-corrected chi connectivity index (χ2v) is 6.69. The van der Waals surface area contributed by atoms with Gasteiger partial charge in [0, 0.05) is 30.2 Å². The molecule has 2 aromatic carbocycles. The fourth-order valence-electron chi connectivity index (χ4n) is 2.56. The van der Waals surface area contributed by atoms with Crippen LogP contribution >= 0.6 is 11.8 Å². The summed E-state index contributed by atoms with van der Waals surface area (Å²) >= 11 is 1.55. The van der Waals surface area contributed by atoms with Crippen molar-refractivity contribution in [3.05, 3.63) is 60.2 Å². The highest BCUT2D eigenvalue weighted by molar-refractivity contribution is 8.00. The van der Waals surface area contributed by atoms with Crippen LogP contribution in [-0.2, 0) is 16.1 Å². The van der Waals surface area contributed by atoms with Gasteiger partial charge >= 0.3 is 0 Å². The number of benzene rings is 2. The van der Waals surface area contributed by atoms with Gasteiger partial charge in [-0.25, -0.2) is 0 Å². The lowest BCUT2D eigenvalue weighted by Gasteiger charge is -2.28. The van der Waals surface area contributed by atoms with E-state index in [2.05, 4.69) is 34.5 Å². The van der Waals surface area contributed by atoms with E-state index in [9.17, 15) is 4.79 Å². The van der Waals surface area contributed by atoms with Crippen molar-refractivity contribution in [2.45, 2.75) is 11.4 Å². The van der Waals surface area contributed by atoms with E-state index in [1.807, 2.05) is 30.3 Å². The third kappa shape index (κ3) is 5.01. The first kappa shape index (κ1) is 16.9. The minimum Gasteiger partial charge on any atom is -0.378 e. The molecular formula is C19H22N2O2S. The summed E-state index contributed by atoms with van der Waals surface area (Å²) in [5.41, 5.74) is 2.33. The Balaban J connectivity index is 1.43. The number of amides is 1. The van der Waals surface area contributed by atoms with Crippen molar-refractivity contribution < 1.29 is 9.53 Å². The van der Waals surface area contributed by atoms with E-state index in [0.29, 0.717) is 12.3 Å². The number of hydrogen-bond donors (Lipinski definition) is 1. The van der Waals surface area contributed by atoms with Gasteiger partial charge in [-0.3, -0.25) is 4.79 Å². The van der Waals surface area contributed by atoms with Crippen LogP contribution in [-0.4, -0.2) is 38.0 Å². The molecule has 1 saturated heterocycles. The molecule has 4 nitrogen and oxygen atoms in total. The van der Waals surface area contributed by atoms with Crippen molar-refractivity contribution in [1.29, 1.82) is 0 Å². The third-order valence-electron chi connectivity index (χ3n) is 3.92. The molecule has 1 aliphatic rings. The van der Waals surface area contributed by atoms with Crippen molar-refractivity contribution in [2.75, 3.05) is 37.0 Å². The fraction of sp³-hybridized carbons (Fsp3) is 0.316. The maximum absolute atomic E-state index is 11.9. The smallest absolute Gasteiger partial charge is 0.230 e. The van der Waals surface area contributed by atoms with Gasteiger partial charge in [0.1, 0.15) is 0 Å². The molecule has 24 heavy (non-hydrogen) atoms. The zero-order valence-corrected chi connectivity index (χ0v) is 14.4. The largest absolute Gasteiger partial charge is 0.378 e. The molecule has 0 unspecified atom stereocenters. The number of nitrogens with one attached hydrogen (secondary N) is 1. The van der Waals surface area contributed by atoms with Gasteiger partial charge in [0.15, 0.2) is 0 Å². The van der Waals surface area contributed by atoms with Crippen LogP contribution in [0.15, 0.2) is 59.5 Å². The second kappa shape index (κ2) is 8.76. The molecule has 1 heterocycles. The monoisotopic (exact) mass is 342 g/mol. The van der Waals surface area contributed by atoms with Crippen molar-refractivity contribution in [3.63, 3.8) is 0 Å². The van der Waals surface area contributed by atoms with E-state index in [1.165, 1.54) is 5.69 Å². The summed E-state index contributed by atoms with van der Waals surface area (Å²) in [6.45, 7) is 4.02. The number of hydrogen-bond acceptors (Lipinski definition) is 4. The van der Waals surface area contributed by atoms with E-state index >= 15 is 0 Å². The van der Waals surface area contributed by atoms with Crippen LogP contribution in [0.1, 0.15) is 5.56 Å². The molecule has 1 fully saturated rings. The minimum absolute atomic E-state index is 0.0566. The quantitative estimate of drug-likeness (QED) is 0.820. The van der Waals surface area contributed by atoms with Gasteiger partial charge < -0.3 is 15.0 Å². The van der Waals surface area contributed by atoms with Crippen molar-refractivity contribution in [2.24, 2.45) is 0 Å². The van der Waals surface area contributed by atoms with E-state index in [4.69, 9.17) is 4.74 Å². The standard InChI is InChI=1S/C19H22N2O2S/c22-19(15-24-18-4-2-1-3-5-18)20-14-16-6-8-17(9-7-16)21-10-12-23-13-11-21/h1-9H,10-15H2,(H,20,22). The summed E-state index contributed by atoms with van der Waals surface area (Å²) in [5.74, 6) is 0.497. The van der Waals surface area contributed by atoms with Crippen LogP contribution in [0, 0.1) is 0 Å². The Morgan fingerprint density at radius 1 is 1.04 bits per heavy atom. The molecule has 5 heteroatoms.